The van der Waals surface area contributed by atoms with Crippen molar-refractivity contribution in [3.8, 4) is 5.75 Å². The second-order valence-corrected chi connectivity index (χ2v) is 4.39. The Labute approximate surface area is 129 Å². The molecule has 0 atom stereocenters. The molecule has 2 rings (SSSR count). The molecule has 1 heterocycles. The number of alkyl halides is 2. The van der Waals surface area contributed by atoms with Crippen LogP contribution in [0.3, 0.4) is 0 Å². The van der Waals surface area contributed by atoms with Gasteiger partial charge >= 0.3 is 12.6 Å². The first-order valence-electron chi connectivity index (χ1n) is 6.42. The van der Waals surface area contributed by atoms with Crippen LogP contribution in [0.2, 0.25) is 0 Å². The zero-order valence-corrected chi connectivity index (χ0v) is 11.7. The summed E-state index contributed by atoms with van der Waals surface area (Å²) in [5.74, 6) is -1.32. The number of pyridine rings is 1. The van der Waals surface area contributed by atoms with Crippen LogP contribution in [0.5, 0.6) is 5.75 Å². The van der Waals surface area contributed by atoms with Crippen LogP contribution in [-0.4, -0.2) is 23.5 Å². The number of benzene rings is 1. The molecule has 0 radical (unpaired) electrons. The molecule has 0 aliphatic heterocycles. The van der Waals surface area contributed by atoms with Crippen molar-refractivity contribution in [1.82, 2.24) is 4.98 Å². The molecular formula is C15H12F2N2O4. The van der Waals surface area contributed by atoms with Crippen LogP contribution in [0.1, 0.15) is 26.4 Å². The molecule has 23 heavy (non-hydrogen) atoms. The number of carbonyl (C=O) groups is 2. The van der Waals surface area contributed by atoms with Gasteiger partial charge in [-0.15, -0.1) is 0 Å². The zero-order chi connectivity index (χ0) is 16.8. The molecule has 1 amide bonds. The van der Waals surface area contributed by atoms with Crippen molar-refractivity contribution < 1.29 is 27.8 Å². The molecule has 1 aromatic carbocycles. The van der Waals surface area contributed by atoms with Crippen LogP contribution >= 0.6 is 0 Å². The lowest BCUT2D eigenvalue weighted by Gasteiger charge is -2.07. The Morgan fingerprint density at radius 1 is 1.13 bits per heavy atom. The third-order valence-corrected chi connectivity index (χ3v) is 2.77. The van der Waals surface area contributed by atoms with E-state index in [9.17, 15) is 18.4 Å². The number of aromatic nitrogens is 1. The Hall–Kier alpha value is -3.03. The Balaban J connectivity index is 1.92. The lowest BCUT2D eigenvalue weighted by Crippen LogP contribution is -2.14. The van der Waals surface area contributed by atoms with Crippen molar-refractivity contribution in [1.29, 1.82) is 0 Å². The van der Waals surface area contributed by atoms with Gasteiger partial charge in [0.15, 0.2) is 0 Å². The van der Waals surface area contributed by atoms with Crippen molar-refractivity contribution in [2.45, 2.75) is 13.2 Å². The van der Waals surface area contributed by atoms with E-state index < -0.39 is 18.5 Å². The number of ether oxygens (including phenoxy) is 2. The average Bonchev–Trinajstić information content (AvgIpc) is 2.53. The number of carbonyl (C=O) groups excluding carboxylic acids is 2. The van der Waals surface area contributed by atoms with E-state index in [2.05, 4.69) is 9.72 Å². The summed E-state index contributed by atoms with van der Waals surface area (Å²) >= 11 is 0. The minimum atomic E-state index is -2.89. The summed E-state index contributed by atoms with van der Waals surface area (Å²) in [5, 5.41) is 0. The van der Waals surface area contributed by atoms with E-state index in [-0.39, 0.29) is 23.6 Å². The van der Waals surface area contributed by atoms with Crippen molar-refractivity contribution >= 4 is 11.9 Å². The Kier molecular flexibility index (Phi) is 5.19. The summed E-state index contributed by atoms with van der Waals surface area (Å²) in [4.78, 5) is 26.4. The first kappa shape index (κ1) is 16.3. The highest BCUT2D eigenvalue weighted by molar-refractivity contribution is 5.93. The fraction of sp³-hybridized carbons (Fsp3) is 0.133. The number of nitrogens with zero attached hydrogens (tertiary/aromatic N) is 1. The quantitative estimate of drug-likeness (QED) is 0.823. The van der Waals surface area contributed by atoms with Crippen LogP contribution in [-0.2, 0) is 11.3 Å². The predicted octanol–water partition coefficient (Wildman–Crippen LogP) is 2.14. The van der Waals surface area contributed by atoms with Crippen molar-refractivity contribution in [3.63, 3.8) is 0 Å². The molecule has 0 aliphatic rings. The molecule has 0 bridgehead atoms. The zero-order valence-electron chi connectivity index (χ0n) is 11.7. The van der Waals surface area contributed by atoms with Crippen LogP contribution < -0.4 is 10.5 Å². The molecule has 1 aromatic heterocycles. The van der Waals surface area contributed by atoms with Crippen molar-refractivity contribution in [3.05, 3.63) is 59.4 Å². The minimum absolute atomic E-state index is 0.0151. The van der Waals surface area contributed by atoms with Gasteiger partial charge in [-0.25, -0.2) is 4.79 Å². The first-order valence-corrected chi connectivity index (χ1v) is 6.42. The Morgan fingerprint density at radius 2 is 1.83 bits per heavy atom. The first-order chi connectivity index (χ1) is 11.0. The van der Waals surface area contributed by atoms with Gasteiger partial charge in [-0.1, -0.05) is 12.1 Å². The lowest BCUT2D eigenvalue weighted by atomic mass is 10.2. The Morgan fingerprint density at radius 3 is 2.35 bits per heavy atom. The van der Waals surface area contributed by atoms with Gasteiger partial charge in [0.1, 0.15) is 18.1 Å². The number of esters is 1. The van der Waals surface area contributed by atoms with Gasteiger partial charge in [0, 0.05) is 6.20 Å². The van der Waals surface area contributed by atoms with Gasteiger partial charge in [0.2, 0.25) is 0 Å². The van der Waals surface area contributed by atoms with E-state index in [4.69, 9.17) is 10.5 Å². The maximum Gasteiger partial charge on any atom is 0.387 e. The summed E-state index contributed by atoms with van der Waals surface area (Å²) in [5.41, 5.74) is 5.84. The summed E-state index contributed by atoms with van der Waals surface area (Å²) in [7, 11) is 0. The van der Waals surface area contributed by atoms with Gasteiger partial charge < -0.3 is 15.2 Å². The summed E-state index contributed by atoms with van der Waals surface area (Å²) in [6, 6.07) is 8.38. The standard InChI is InChI=1S/C15H12F2N2O4/c16-15(17)23-11-4-1-9(2-5-11)8-22-14(21)10-3-6-12(13(18)20)19-7-10/h1-7,15H,8H2,(H2,18,20). The van der Waals surface area contributed by atoms with E-state index in [1.54, 1.807) is 0 Å². The topological polar surface area (TPSA) is 91.5 Å². The summed E-state index contributed by atoms with van der Waals surface area (Å²) in [6.45, 7) is -2.94. The van der Waals surface area contributed by atoms with E-state index in [0.717, 1.165) is 0 Å². The molecule has 0 spiro atoms. The van der Waals surface area contributed by atoms with Crippen molar-refractivity contribution in [2.75, 3.05) is 0 Å². The van der Waals surface area contributed by atoms with Gasteiger partial charge in [-0.05, 0) is 29.8 Å². The molecule has 0 saturated carbocycles. The minimum Gasteiger partial charge on any atom is -0.457 e. The van der Waals surface area contributed by atoms with Crippen LogP contribution in [0.4, 0.5) is 8.78 Å². The second-order valence-electron chi connectivity index (χ2n) is 4.39. The van der Waals surface area contributed by atoms with Gasteiger partial charge in [-0.2, -0.15) is 8.78 Å². The second kappa shape index (κ2) is 7.30. The Bertz CT molecular complexity index is 688. The maximum absolute atomic E-state index is 12.0. The fourth-order valence-electron chi connectivity index (χ4n) is 1.66. The molecule has 0 aliphatic carbocycles. The molecule has 8 heteroatoms. The maximum atomic E-state index is 12.0. The highest BCUT2D eigenvalue weighted by Gasteiger charge is 2.10. The molecular weight excluding hydrogens is 310 g/mol. The van der Waals surface area contributed by atoms with Gasteiger partial charge in [-0.3, -0.25) is 9.78 Å². The van der Waals surface area contributed by atoms with E-state index in [0.29, 0.717) is 5.56 Å². The van der Waals surface area contributed by atoms with Gasteiger partial charge in [0.05, 0.1) is 5.56 Å². The number of hydrogen-bond acceptors (Lipinski definition) is 5. The molecule has 0 fully saturated rings. The molecule has 120 valence electrons. The number of primary amides is 1. The monoisotopic (exact) mass is 322 g/mol. The highest BCUT2D eigenvalue weighted by atomic mass is 19.3. The third kappa shape index (κ3) is 4.73. The number of hydrogen-bond donors (Lipinski definition) is 1. The SMILES string of the molecule is NC(=O)c1ccc(C(=O)OCc2ccc(OC(F)F)cc2)cn1. The van der Waals surface area contributed by atoms with Crippen LogP contribution in [0.25, 0.3) is 0 Å². The summed E-state index contributed by atoms with van der Waals surface area (Å²) < 4.78 is 33.3. The largest absolute Gasteiger partial charge is 0.457 e. The smallest absolute Gasteiger partial charge is 0.387 e. The third-order valence-electron chi connectivity index (χ3n) is 2.77. The van der Waals surface area contributed by atoms with Crippen LogP contribution in [0, 0.1) is 0 Å². The van der Waals surface area contributed by atoms with Crippen molar-refractivity contribution in [2.24, 2.45) is 5.73 Å². The number of nitrogens with two attached hydrogens (primary N) is 1. The van der Waals surface area contributed by atoms with E-state index in [1.807, 2.05) is 0 Å². The molecule has 0 saturated heterocycles. The molecule has 2 aromatic rings. The summed E-state index contributed by atoms with van der Waals surface area (Å²) in [6.07, 6.45) is 1.18. The fourth-order valence-corrected chi connectivity index (χ4v) is 1.66. The predicted molar refractivity (Wildman–Crippen MR) is 74.9 cm³/mol. The lowest BCUT2D eigenvalue weighted by molar-refractivity contribution is -0.0498. The molecule has 2 N–H and O–H groups in total. The number of amides is 1. The number of halogens is 2. The normalized spacial score (nSPS) is 10.4. The number of rotatable bonds is 6. The van der Waals surface area contributed by atoms with E-state index >= 15 is 0 Å². The highest BCUT2D eigenvalue weighted by Crippen LogP contribution is 2.15. The molecule has 0 unspecified atom stereocenters. The van der Waals surface area contributed by atoms with Crippen LogP contribution in [0.15, 0.2) is 42.6 Å². The average molecular weight is 322 g/mol. The van der Waals surface area contributed by atoms with E-state index in [1.165, 1.54) is 42.6 Å². The van der Waals surface area contributed by atoms with Gasteiger partial charge in [0.25, 0.3) is 5.91 Å². The molecule has 6 nitrogen and oxygen atoms in total.